The van der Waals surface area contributed by atoms with Crippen LogP contribution < -0.4 is 4.18 Å². The van der Waals surface area contributed by atoms with Crippen molar-refractivity contribution < 1.29 is 44.1 Å². The van der Waals surface area contributed by atoms with Gasteiger partial charge >= 0.3 is 15.6 Å². The molecule has 0 aliphatic carbocycles. The van der Waals surface area contributed by atoms with Crippen molar-refractivity contribution in [3.05, 3.63) is 206 Å². The zero-order valence-corrected chi connectivity index (χ0v) is 54.6. The molecule has 1 N–H and O–H groups in total. The van der Waals surface area contributed by atoms with E-state index in [9.17, 15) is 26.7 Å². The van der Waals surface area contributed by atoms with Gasteiger partial charge in [0, 0.05) is 37.7 Å². The summed E-state index contributed by atoms with van der Waals surface area (Å²) >= 11 is 0. The summed E-state index contributed by atoms with van der Waals surface area (Å²) in [6.45, 7) is 25.5. The Morgan fingerprint density at radius 3 is 0.944 bits per heavy atom. The number of hydrogen-bond acceptors (Lipinski definition) is 7. The standard InChI is InChI=1S/C21H11F3O4S.C20H12O2.C20H12O.6C3H8/c22-21(23,24)29(25,26)28-17-11-5-10-16-19(17)18-14-8-3-1-6-12(14)13-7-2-4-9-15(13)20(18)27-16;21-16-10-5-11-17-19(16)18-14-8-3-1-6-12(14)13-7-2-4-9-15(13)20(18)22-17;1-3-9-15-13(7-1)14-8-2-4-10-16(14)20-19(15)17-11-5-6-12-18(17)21-20;6*1-3-2/h1-11H;1-11,21H;1-12H;6*3H2,1-2H3. The molecule has 3 aromatic heterocycles. The maximum Gasteiger partial charge on any atom is 0.534 e. The fourth-order valence-electron chi connectivity index (χ4n) is 10.4. The number of para-hydroxylation sites is 1. The Morgan fingerprint density at radius 1 is 0.311 bits per heavy atom. The van der Waals surface area contributed by atoms with Crippen LogP contribution in [0.2, 0.25) is 0 Å². The maximum atomic E-state index is 12.9. The number of halogens is 3. The molecule has 7 nitrogen and oxygen atoms in total. The summed E-state index contributed by atoms with van der Waals surface area (Å²) in [5, 5.41) is 28.0. The highest BCUT2D eigenvalue weighted by molar-refractivity contribution is 7.88. The van der Waals surface area contributed by atoms with Gasteiger partial charge in [-0.25, -0.2) is 0 Å². The molecule has 468 valence electrons. The van der Waals surface area contributed by atoms with Crippen molar-refractivity contribution in [3.63, 3.8) is 0 Å². The molecule has 90 heavy (non-hydrogen) atoms. The minimum atomic E-state index is -5.83. The molecule has 0 saturated heterocycles. The van der Waals surface area contributed by atoms with Crippen LogP contribution >= 0.6 is 0 Å². The minimum absolute atomic E-state index is 0.178. The molecule has 15 rings (SSSR count). The summed E-state index contributed by atoms with van der Waals surface area (Å²) in [6, 6.07) is 66.3. The van der Waals surface area contributed by atoms with E-state index >= 15 is 0 Å². The normalized spacial score (nSPS) is 11.0. The predicted molar refractivity (Wildman–Crippen MR) is 379 cm³/mol. The summed E-state index contributed by atoms with van der Waals surface area (Å²) in [5.74, 6) is -0.171. The second-order valence-electron chi connectivity index (χ2n) is 21.7. The van der Waals surface area contributed by atoms with Gasteiger partial charge in [-0.05, 0) is 78.8 Å². The van der Waals surface area contributed by atoms with Crippen molar-refractivity contribution in [1.82, 2.24) is 0 Å². The van der Waals surface area contributed by atoms with E-state index in [-0.39, 0.29) is 16.7 Å². The van der Waals surface area contributed by atoms with Gasteiger partial charge in [0.2, 0.25) is 0 Å². The summed E-state index contributed by atoms with van der Waals surface area (Å²) in [7, 11) is -5.83. The molecular formula is C79H83F3O7S. The van der Waals surface area contributed by atoms with Crippen LogP contribution in [0.1, 0.15) is 122 Å². The van der Waals surface area contributed by atoms with Crippen molar-refractivity contribution in [2.24, 2.45) is 0 Å². The first-order valence-corrected chi connectivity index (χ1v) is 32.8. The number of furan rings is 3. The Balaban J connectivity index is 0.000000171. The zero-order chi connectivity index (χ0) is 65.1. The van der Waals surface area contributed by atoms with Crippen LogP contribution in [0.25, 0.3) is 130 Å². The largest absolute Gasteiger partial charge is 0.534 e. The molecule has 3 heterocycles. The molecule has 0 bridgehead atoms. The van der Waals surface area contributed by atoms with Crippen LogP contribution in [0.5, 0.6) is 11.5 Å². The van der Waals surface area contributed by atoms with E-state index < -0.39 is 21.4 Å². The molecule has 12 aromatic carbocycles. The van der Waals surface area contributed by atoms with Crippen LogP contribution in [0.15, 0.2) is 220 Å². The molecule has 0 fully saturated rings. The van der Waals surface area contributed by atoms with E-state index in [1.165, 1.54) is 93.7 Å². The van der Waals surface area contributed by atoms with E-state index in [0.717, 1.165) is 65.4 Å². The van der Waals surface area contributed by atoms with Crippen molar-refractivity contribution in [2.75, 3.05) is 0 Å². The lowest BCUT2D eigenvalue weighted by Crippen LogP contribution is -2.28. The van der Waals surface area contributed by atoms with Crippen molar-refractivity contribution in [1.29, 1.82) is 0 Å². The van der Waals surface area contributed by atoms with E-state index in [4.69, 9.17) is 13.3 Å². The second-order valence-corrected chi connectivity index (χ2v) is 23.2. The van der Waals surface area contributed by atoms with Gasteiger partial charge in [0.1, 0.15) is 39.2 Å². The number of fused-ring (bicyclic) bond motifs is 24. The molecule has 0 atom stereocenters. The van der Waals surface area contributed by atoms with Crippen LogP contribution in [-0.4, -0.2) is 19.0 Å². The average molecular weight is 1230 g/mol. The van der Waals surface area contributed by atoms with Gasteiger partial charge in [0.05, 0.1) is 10.8 Å². The number of hydrogen-bond donors (Lipinski definition) is 1. The number of rotatable bonds is 2. The van der Waals surface area contributed by atoms with Crippen LogP contribution in [0.3, 0.4) is 0 Å². The zero-order valence-electron chi connectivity index (χ0n) is 53.8. The first-order chi connectivity index (χ1) is 43.5. The van der Waals surface area contributed by atoms with Crippen LogP contribution in [0.4, 0.5) is 13.2 Å². The number of aromatic hydroxyl groups is 1. The topological polar surface area (TPSA) is 103 Å². The highest BCUT2D eigenvalue weighted by Crippen LogP contribution is 2.46. The SMILES string of the molecule is CCC.CCC.CCC.CCC.CCC.CCC.O=S(=O)(Oc1cccc2oc3c4ccccc4c4ccccc4c3c12)C(F)(F)F.Oc1cccc2oc3c4ccccc4c4ccccc4c3c12.c1ccc2c(c1)oc1c3ccccc3c3ccccc3c21. The van der Waals surface area contributed by atoms with Crippen LogP contribution in [-0.2, 0) is 10.1 Å². The lowest BCUT2D eigenvalue weighted by Gasteiger charge is -2.10. The van der Waals surface area contributed by atoms with Gasteiger partial charge in [-0.15, -0.1) is 0 Å². The Labute approximate surface area is 526 Å². The Bertz CT molecular complexity index is 4920. The Morgan fingerprint density at radius 2 is 0.567 bits per heavy atom. The molecule has 11 heteroatoms. The first kappa shape index (κ1) is 68.4. The monoisotopic (exact) mass is 1230 g/mol. The molecule has 0 saturated carbocycles. The number of phenolic OH excluding ortho intramolecular Hbond substituents is 1. The molecule has 0 spiro atoms. The van der Waals surface area contributed by atoms with E-state index in [1.807, 2.05) is 91.0 Å². The molecule has 0 amide bonds. The van der Waals surface area contributed by atoms with E-state index in [2.05, 4.69) is 172 Å². The van der Waals surface area contributed by atoms with Crippen molar-refractivity contribution in [2.45, 2.75) is 127 Å². The lowest BCUT2D eigenvalue weighted by atomic mass is 9.97. The third-order valence-electron chi connectivity index (χ3n) is 13.4. The smallest absolute Gasteiger partial charge is 0.507 e. The van der Waals surface area contributed by atoms with Gasteiger partial charge < -0.3 is 22.5 Å². The van der Waals surface area contributed by atoms with Gasteiger partial charge in [-0.3, -0.25) is 0 Å². The second kappa shape index (κ2) is 31.9. The summed E-state index contributed by atoms with van der Waals surface area (Å²) in [6.07, 6.45) is 7.50. The molecule has 0 radical (unpaired) electrons. The van der Waals surface area contributed by atoms with E-state index in [1.54, 1.807) is 18.2 Å². The molecular weight excluding hydrogens is 1150 g/mol. The van der Waals surface area contributed by atoms with Crippen LogP contribution in [0, 0.1) is 0 Å². The first-order valence-electron chi connectivity index (χ1n) is 31.4. The predicted octanol–water partition coefficient (Wildman–Crippen LogP) is 26.1. The Kier molecular flexibility index (Phi) is 24.3. The van der Waals surface area contributed by atoms with E-state index in [0.29, 0.717) is 11.0 Å². The number of phenols is 1. The quantitative estimate of drug-likeness (QED) is 0.104. The third kappa shape index (κ3) is 14.5. The van der Waals surface area contributed by atoms with Gasteiger partial charge in [0.15, 0.2) is 5.75 Å². The summed E-state index contributed by atoms with van der Waals surface area (Å²) < 4.78 is 84.6. The molecule has 0 aliphatic rings. The molecule has 15 aromatic rings. The number of benzene rings is 12. The fourth-order valence-corrected chi connectivity index (χ4v) is 10.9. The highest BCUT2D eigenvalue weighted by Gasteiger charge is 2.49. The van der Waals surface area contributed by atoms with Gasteiger partial charge in [0.25, 0.3) is 0 Å². The van der Waals surface area contributed by atoms with Gasteiger partial charge in [-0.2, -0.15) is 21.6 Å². The highest BCUT2D eigenvalue weighted by atomic mass is 32.2. The lowest BCUT2D eigenvalue weighted by molar-refractivity contribution is -0.0499. The third-order valence-corrected chi connectivity index (χ3v) is 14.4. The van der Waals surface area contributed by atoms with Gasteiger partial charge in [-0.1, -0.05) is 298 Å². The van der Waals surface area contributed by atoms with Crippen molar-refractivity contribution in [3.8, 4) is 11.5 Å². The molecule has 0 unspecified atom stereocenters. The maximum absolute atomic E-state index is 12.9. The summed E-state index contributed by atoms with van der Waals surface area (Å²) in [4.78, 5) is 0. The average Bonchev–Trinajstić information content (AvgIpc) is 1.54. The number of alkyl halides is 3. The summed E-state index contributed by atoms with van der Waals surface area (Å²) in [5.41, 5.74) is -1.35. The fraction of sp³-hybridized carbons (Fsp3) is 0.241. The molecule has 0 aliphatic heterocycles. The minimum Gasteiger partial charge on any atom is -0.507 e. The Hall–Kier alpha value is -9.06. The van der Waals surface area contributed by atoms with Crippen molar-refractivity contribution >= 4 is 141 Å².